The summed E-state index contributed by atoms with van der Waals surface area (Å²) in [6.45, 7) is 0. The van der Waals surface area contributed by atoms with Gasteiger partial charge in [0.15, 0.2) is 0 Å². The summed E-state index contributed by atoms with van der Waals surface area (Å²) in [7, 11) is 1.59. The van der Waals surface area contributed by atoms with Crippen LogP contribution in [0.4, 0.5) is 0 Å². The number of hydrogen-bond donors (Lipinski definition) is 0. The highest BCUT2D eigenvalue weighted by atomic mass is 79.9. The maximum atomic E-state index is 5.00. The Kier molecular flexibility index (Phi) is 2.14. The summed E-state index contributed by atoms with van der Waals surface area (Å²) in [5, 5.41) is 0.989. The largest absolute Gasteiger partial charge is 0.481 e. The second-order valence-corrected chi connectivity index (χ2v) is 3.39. The van der Waals surface area contributed by atoms with E-state index in [1.807, 2.05) is 6.07 Å². The summed E-state index contributed by atoms with van der Waals surface area (Å²) in [5.41, 5.74) is 0.876. The van der Waals surface area contributed by atoms with Gasteiger partial charge in [-0.15, -0.1) is 0 Å². The van der Waals surface area contributed by atoms with Crippen LogP contribution < -0.4 is 4.74 Å². The summed E-state index contributed by atoms with van der Waals surface area (Å²) in [5.74, 6) is 0.582. The third kappa shape index (κ3) is 1.49. The van der Waals surface area contributed by atoms with Crippen LogP contribution in [0.15, 0.2) is 29.0 Å². The number of fused-ring (bicyclic) bond motifs is 1. The van der Waals surface area contributed by atoms with Gasteiger partial charge in [-0.25, -0.2) is 4.98 Å². The third-order valence-corrected chi connectivity index (χ3v) is 2.45. The highest BCUT2D eigenvalue weighted by Gasteiger charge is 2.01. The molecule has 0 aliphatic rings. The smallest absolute Gasteiger partial charge is 0.215 e. The third-order valence-electron chi connectivity index (χ3n) is 1.76. The summed E-state index contributed by atoms with van der Waals surface area (Å²) in [6, 6.07) is 3.69. The van der Waals surface area contributed by atoms with Crippen LogP contribution in [-0.2, 0) is 0 Å². The van der Waals surface area contributed by atoms with Crippen LogP contribution in [0.5, 0.6) is 5.88 Å². The van der Waals surface area contributed by atoms with Crippen LogP contribution in [0.3, 0.4) is 0 Å². The number of aromatic nitrogens is 2. The van der Waals surface area contributed by atoms with Gasteiger partial charge in [0.25, 0.3) is 0 Å². The van der Waals surface area contributed by atoms with Gasteiger partial charge in [0.2, 0.25) is 5.88 Å². The standard InChI is InChI=1S/C9H7BrN2O/c1-13-9-4-8-6(5-12-9)7(10)2-3-11-8/h2-5H,1H3. The van der Waals surface area contributed by atoms with Crippen molar-refractivity contribution in [1.29, 1.82) is 0 Å². The lowest BCUT2D eigenvalue weighted by Gasteiger charge is -2.01. The first-order valence-corrected chi connectivity index (χ1v) is 4.55. The molecule has 0 N–H and O–H groups in total. The predicted octanol–water partition coefficient (Wildman–Crippen LogP) is 2.40. The second-order valence-electron chi connectivity index (χ2n) is 2.54. The van der Waals surface area contributed by atoms with Crippen molar-refractivity contribution < 1.29 is 4.74 Å². The molecular formula is C9H7BrN2O. The molecule has 0 amide bonds. The van der Waals surface area contributed by atoms with Gasteiger partial charge in [0, 0.05) is 28.3 Å². The first-order valence-electron chi connectivity index (χ1n) is 3.75. The fourth-order valence-electron chi connectivity index (χ4n) is 1.10. The average Bonchev–Trinajstić information content (AvgIpc) is 2.18. The Morgan fingerprint density at radius 2 is 2.23 bits per heavy atom. The number of nitrogens with zero attached hydrogens (tertiary/aromatic N) is 2. The normalized spacial score (nSPS) is 10.3. The number of hydrogen-bond acceptors (Lipinski definition) is 3. The van der Waals surface area contributed by atoms with Crippen molar-refractivity contribution in [3.63, 3.8) is 0 Å². The first kappa shape index (κ1) is 8.44. The number of methoxy groups -OCH3 is 1. The van der Waals surface area contributed by atoms with Crippen molar-refractivity contribution in [3.05, 3.63) is 29.0 Å². The molecule has 0 spiro atoms. The van der Waals surface area contributed by atoms with Crippen LogP contribution in [-0.4, -0.2) is 17.1 Å². The average molecular weight is 239 g/mol. The molecule has 13 heavy (non-hydrogen) atoms. The maximum absolute atomic E-state index is 5.00. The Bertz CT molecular complexity index is 445. The summed E-state index contributed by atoms with van der Waals surface area (Å²) in [4.78, 5) is 8.29. The molecule has 3 nitrogen and oxygen atoms in total. The van der Waals surface area contributed by atoms with E-state index in [1.165, 1.54) is 0 Å². The first-order chi connectivity index (χ1) is 6.31. The van der Waals surface area contributed by atoms with E-state index in [0.29, 0.717) is 5.88 Å². The molecule has 66 valence electrons. The summed E-state index contributed by atoms with van der Waals surface area (Å²) < 4.78 is 5.99. The van der Waals surface area contributed by atoms with E-state index >= 15 is 0 Å². The molecule has 0 saturated heterocycles. The number of pyridine rings is 2. The van der Waals surface area contributed by atoms with Crippen LogP contribution in [0.2, 0.25) is 0 Å². The van der Waals surface area contributed by atoms with E-state index in [0.717, 1.165) is 15.4 Å². The van der Waals surface area contributed by atoms with Crippen LogP contribution in [0, 0.1) is 0 Å². The van der Waals surface area contributed by atoms with E-state index in [2.05, 4.69) is 25.9 Å². The molecule has 2 aromatic heterocycles. The van der Waals surface area contributed by atoms with Crippen molar-refractivity contribution >= 4 is 26.8 Å². The lowest BCUT2D eigenvalue weighted by Crippen LogP contribution is -1.88. The van der Waals surface area contributed by atoms with Crippen molar-refractivity contribution in [2.24, 2.45) is 0 Å². The topological polar surface area (TPSA) is 35.0 Å². The van der Waals surface area contributed by atoms with Gasteiger partial charge in [-0.3, -0.25) is 4.98 Å². The lowest BCUT2D eigenvalue weighted by molar-refractivity contribution is 0.398. The fraction of sp³-hybridized carbons (Fsp3) is 0.111. The van der Waals surface area contributed by atoms with Gasteiger partial charge in [0.1, 0.15) is 0 Å². The van der Waals surface area contributed by atoms with Gasteiger partial charge < -0.3 is 4.74 Å². The molecule has 0 radical (unpaired) electrons. The fourth-order valence-corrected chi connectivity index (χ4v) is 1.53. The summed E-state index contributed by atoms with van der Waals surface area (Å²) >= 11 is 3.42. The Morgan fingerprint density at radius 1 is 1.38 bits per heavy atom. The molecule has 0 aromatic carbocycles. The number of halogens is 1. The molecule has 0 aliphatic heterocycles. The SMILES string of the molecule is COc1cc2nccc(Br)c2cn1. The Balaban J connectivity index is 2.72. The molecule has 0 fully saturated rings. The highest BCUT2D eigenvalue weighted by molar-refractivity contribution is 9.10. The molecule has 0 unspecified atom stereocenters. The van der Waals surface area contributed by atoms with E-state index in [9.17, 15) is 0 Å². The van der Waals surface area contributed by atoms with Gasteiger partial charge in [-0.05, 0) is 22.0 Å². The zero-order valence-corrected chi connectivity index (χ0v) is 8.58. The van der Waals surface area contributed by atoms with E-state index in [-0.39, 0.29) is 0 Å². The molecule has 2 heterocycles. The van der Waals surface area contributed by atoms with Crippen molar-refractivity contribution in [1.82, 2.24) is 9.97 Å². The molecule has 0 saturated carbocycles. The highest BCUT2D eigenvalue weighted by Crippen LogP contribution is 2.23. The Hall–Kier alpha value is -1.16. The van der Waals surface area contributed by atoms with Crippen LogP contribution in [0.25, 0.3) is 10.9 Å². The Morgan fingerprint density at radius 3 is 3.00 bits per heavy atom. The predicted molar refractivity (Wildman–Crippen MR) is 53.8 cm³/mol. The van der Waals surface area contributed by atoms with Crippen LogP contribution in [0.1, 0.15) is 0 Å². The van der Waals surface area contributed by atoms with Gasteiger partial charge in [0.05, 0.1) is 12.6 Å². The Labute approximate surface area is 83.9 Å². The molecule has 0 aliphatic carbocycles. The van der Waals surface area contributed by atoms with E-state index < -0.39 is 0 Å². The minimum absolute atomic E-state index is 0.582. The van der Waals surface area contributed by atoms with E-state index in [1.54, 1.807) is 25.6 Å². The molecule has 0 atom stereocenters. The van der Waals surface area contributed by atoms with Gasteiger partial charge >= 0.3 is 0 Å². The minimum Gasteiger partial charge on any atom is -0.481 e. The molecule has 0 bridgehead atoms. The molecule has 2 rings (SSSR count). The van der Waals surface area contributed by atoms with Crippen molar-refractivity contribution in [2.45, 2.75) is 0 Å². The minimum atomic E-state index is 0.582. The molecular weight excluding hydrogens is 232 g/mol. The van der Waals surface area contributed by atoms with Crippen molar-refractivity contribution in [2.75, 3.05) is 7.11 Å². The van der Waals surface area contributed by atoms with Gasteiger partial charge in [-0.1, -0.05) is 0 Å². The summed E-state index contributed by atoms with van der Waals surface area (Å²) in [6.07, 6.45) is 3.48. The van der Waals surface area contributed by atoms with Crippen molar-refractivity contribution in [3.8, 4) is 5.88 Å². The van der Waals surface area contributed by atoms with Crippen LogP contribution >= 0.6 is 15.9 Å². The zero-order valence-electron chi connectivity index (χ0n) is 6.99. The number of rotatable bonds is 1. The molecule has 4 heteroatoms. The monoisotopic (exact) mass is 238 g/mol. The van der Waals surface area contributed by atoms with E-state index in [4.69, 9.17) is 4.74 Å². The second kappa shape index (κ2) is 3.30. The molecule has 2 aromatic rings. The number of ether oxygens (including phenoxy) is 1. The van der Waals surface area contributed by atoms with Gasteiger partial charge in [-0.2, -0.15) is 0 Å². The zero-order chi connectivity index (χ0) is 9.26. The quantitative estimate of drug-likeness (QED) is 0.766. The lowest BCUT2D eigenvalue weighted by atomic mass is 10.3. The maximum Gasteiger partial charge on any atom is 0.215 e.